The summed E-state index contributed by atoms with van der Waals surface area (Å²) in [6.07, 6.45) is 2.33. The summed E-state index contributed by atoms with van der Waals surface area (Å²) in [5.41, 5.74) is 1.04. The van der Waals surface area contributed by atoms with Gasteiger partial charge in [-0.25, -0.2) is 0 Å². The number of hydrogen-bond acceptors (Lipinski definition) is 6. The number of likely N-dealkylation sites (tertiary alicyclic amines) is 1. The van der Waals surface area contributed by atoms with Gasteiger partial charge in [0.15, 0.2) is 0 Å². The molecule has 1 atom stereocenters. The Morgan fingerprint density at radius 3 is 3.26 bits per heavy atom. The lowest BCUT2D eigenvalue weighted by Gasteiger charge is -2.21. The maximum atomic E-state index is 5.86. The number of ether oxygens (including phenoxy) is 1. The molecule has 0 saturated carbocycles. The fourth-order valence-electron chi connectivity index (χ4n) is 2.59. The third kappa shape index (κ3) is 2.86. The zero-order chi connectivity index (χ0) is 13.1. The maximum absolute atomic E-state index is 5.86. The van der Waals surface area contributed by atoms with Crippen molar-refractivity contribution in [3.8, 4) is 0 Å². The van der Waals surface area contributed by atoms with Crippen molar-refractivity contribution in [3.63, 3.8) is 0 Å². The summed E-state index contributed by atoms with van der Waals surface area (Å²) in [5.74, 6) is 1.92. The molecule has 102 valence electrons. The first kappa shape index (κ1) is 12.8. The van der Waals surface area contributed by atoms with E-state index in [9.17, 15) is 0 Å². The first-order chi connectivity index (χ1) is 9.36. The van der Waals surface area contributed by atoms with Gasteiger partial charge in [0, 0.05) is 19.0 Å². The highest BCUT2D eigenvalue weighted by molar-refractivity contribution is 7.03. The average Bonchev–Trinajstić information content (AvgIpc) is 3.11. The van der Waals surface area contributed by atoms with Crippen LogP contribution >= 0.6 is 11.5 Å². The molecule has 0 radical (unpaired) electrons. The Kier molecular flexibility index (Phi) is 3.91. The van der Waals surface area contributed by atoms with Crippen molar-refractivity contribution in [3.05, 3.63) is 34.7 Å². The van der Waals surface area contributed by atoms with Crippen molar-refractivity contribution < 1.29 is 9.15 Å². The second-order valence-electron chi connectivity index (χ2n) is 4.76. The van der Waals surface area contributed by atoms with E-state index in [2.05, 4.69) is 20.6 Å². The number of aromatic nitrogens is 2. The van der Waals surface area contributed by atoms with E-state index in [1.807, 2.05) is 11.4 Å². The molecular weight excluding hydrogens is 262 g/mol. The highest BCUT2D eigenvalue weighted by Gasteiger charge is 2.28. The molecule has 1 saturated heterocycles. The van der Waals surface area contributed by atoms with Crippen LogP contribution in [0.1, 0.15) is 36.1 Å². The van der Waals surface area contributed by atoms with Gasteiger partial charge >= 0.3 is 0 Å². The minimum Gasteiger partial charge on any atom is -0.462 e. The van der Waals surface area contributed by atoms with Gasteiger partial charge in [-0.05, 0) is 43.1 Å². The Morgan fingerprint density at radius 1 is 1.53 bits per heavy atom. The van der Waals surface area contributed by atoms with Crippen LogP contribution in [0.15, 0.2) is 21.9 Å². The average molecular weight is 279 g/mol. The van der Waals surface area contributed by atoms with Crippen LogP contribution < -0.4 is 0 Å². The van der Waals surface area contributed by atoms with Gasteiger partial charge < -0.3 is 9.15 Å². The van der Waals surface area contributed by atoms with Crippen molar-refractivity contribution in [2.45, 2.75) is 32.0 Å². The van der Waals surface area contributed by atoms with Crippen LogP contribution in [0.4, 0.5) is 0 Å². The number of furan rings is 1. The van der Waals surface area contributed by atoms with Crippen molar-refractivity contribution in [1.29, 1.82) is 0 Å². The highest BCUT2D eigenvalue weighted by atomic mass is 32.1. The molecule has 0 N–H and O–H groups in total. The number of hydrogen-bond donors (Lipinski definition) is 0. The molecule has 1 aliphatic heterocycles. The topological polar surface area (TPSA) is 51.4 Å². The second-order valence-corrected chi connectivity index (χ2v) is 5.37. The number of rotatable bonds is 5. The van der Waals surface area contributed by atoms with E-state index >= 15 is 0 Å². The van der Waals surface area contributed by atoms with E-state index in [0.29, 0.717) is 12.6 Å². The van der Waals surface area contributed by atoms with E-state index in [0.717, 1.165) is 36.7 Å². The van der Waals surface area contributed by atoms with Gasteiger partial charge in [0.1, 0.15) is 18.1 Å². The van der Waals surface area contributed by atoms with E-state index in [1.54, 1.807) is 7.11 Å². The lowest BCUT2D eigenvalue weighted by atomic mass is 10.1. The van der Waals surface area contributed by atoms with Gasteiger partial charge in [0.05, 0.1) is 11.7 Å². The molecule has 2 aromatic rings. The van der Waals surface area contributed by atoms with E-state index in [4.69, 9.17) is 9.15 Å². The van der Waals surface area contributed by atoms with Crippen molar-refractivity contribution in [2.75, 3.05) is 13.7 Å². The molecule has 1 unspecified atom stereocenters. The smallest absolute Gasteiger partial charge is 0.129 e. The van der Waals surface area contributed by atoms with Crippen molar-refractivity contribution in [1.82, 2.24) is 14.5 Å². The van der Waals surface area contributed by atoms with E-state index in [-0.39, 0.29) is 0 Å². The third-order valence-corrected chi connectivity index (χ3v) is 3.98. The molecule has 3 heterocycles. The van der Waals surface area contributed by atoms with Gasteiger partial charge in [-0.15, -0.1) is 5.10 Å². The summed E-state index contributed by atoms with van der Waals surface area (Å²) in [7, 11) is 1.68. The summed E-state index contributed by atoms with van der Waals surface area (Å²) < 4.78 is 14.9. The predicted octanol–water partition coefficient (Wildman–Crippen LogP) is 2.61. The number of nitrogens with zero attached hydrogens (tertiary/aromatic N) is 3. The van der Waals surface area contributed by atoms with E-state index in [1.165, 1.54) is 18.0 Å². The van der Waals surface area contributed by atoms with Crippen molar-refractivity contribution in [2.24, 2.45) is 0 Å². The zero-order valence-electron chi connectivity index (χ0n) is 10.9. The normalized spacial score (nSPS) is 20.2. The summed E-state index contributed by atoms with van der Waals surface area (Å²) in [5, 5.41) is 6.13. The quantitative estimate of drug-likeness (QED) is 0.842. The second kappa shape index (κ2) is 5.81. The molecular formula is C13H17N3O2S. The molecule has 1 aliphatic rings. The van der Waals surface area contributed by atoms with Gasteiger partial charge in [-0.1, -0.05) is 4.49 Å². The van der Waals surface area contributed by atoms with Gasteiger partial charge in [-0.2, -0.15) is 0 Å². The monoisotopic (exact) mass is 279 g/mol. The maximum Gasteiger partial charge on any atom is 0.129 e. The van der Waals surface area contributed by atoms with Crippen molar-refractivity contribution >= 4 is 11.5 Å². The zero-order valence-corrected chi connectivity index (χ0v) is 11.7. The lowest BCUT2D eigenvalue weighted by molar-refractivity contribution is 0.155. The Labute approximate surface area is 116 Å². The largest absolute Gasteiger partial charge is 0.462 e. The first-order valence-electron chi connectivity index (χ1n) is 6.44. The Balaban J connectivity index is 1.71. The predicted molar refractivity (Wildman–Crippen MR) is 71.7 cm³/mol. The van der Waals surface area contributed by atoms with E-state index < -0.39 is 0 Å². The van der Waals surface area contributed by atoms with Crippen LogP contribution in [0.2, 0.25) is 0 Å². The fourth-order valence-corrected chi connectivity index (χ4v) is 3.03. The third-order valence-electron chi connectivity index (χ3n) is 3.43. The van der Waals surface area contributed by atoms with Gasteiger partial charge in [0.25, 0.3) is 0 Å². The standard InChI is InChI=1S/C13H17N3O2S/c1-17-8-11-4-5-13(18-11)12-3-2-6-16(12)7-10-9-19-15-14-10/h4-5,9,12H,2-3,6-8H2,1H3. The molecule has 3 rings (SSSR count). The molecule has 1 fully saturated rings. The molecule has 0 bridgehead atoms. The Hall–Kier alpha value is -1.24. The highest BCUT2D eigenvalue weighted by Crippen LogP contribution is 2.34. The molecule has 0 aliphatic carbocycles. The lowest BCUT2D eigenvalue weighted by Crippen LogP contribution is -2.22. The van der Waals surface area contributed by atoms with Crippen LogP contribution in [-0.2, 0) is 17.9 Å². The van der Waals surface area contributed by atoms with Gasteiger partial charge in [0.2, 0.25) is 0 Å². The molecule has 0 aromatic carbocycles. The number of methoxy groups -OCH3 is 1. The molecule has 2 aromatic heterocycles. The summed E-state index contributed by atoms with van der Waals surface area (Å²) in [6, 6.07) is 4.42. The minimum absolute atomic E-state index is 0.354. The summed E-state index contributed by atoms with van der Waals surface area (Å²) >= 11 is 1.40. The van der Waals surface area contributed by atoms with Crippen LogP contribution in [0.25, 0.3) is 0 Å². The molecule has 19 heavy (non-hydrogen) atoms. The SMILES string of the molecule is COCc1ccc(C2CCCN2Cc2csnn2)o1. The van der Waals surface area contributed by atoms with Gasteiger partial charge in [-0.3, -0.25) is 4.90 Å². The first-order valence-corrected chi connectivity index (χ1v) is 7.28. The molecule has 0 spiro atoms. The van der Waals surface area contributed by atoms with Crippen LogP contribution in [0.5, 0.6) is 0 Å². The molecule has 6 heteroatoms. The summed E-state index contributed by atoms with van der Waals surface area (Å²) in [4.78, 5) is 2.41. The van der Waals surface area contributed by atoms with Crippen LogP contribution in [0.3, 0.4) is 0 Å². The Bertz CT molecular complexity index is 512. The Morgan fingerprint density at radius 2 is 2.47 bits per heavy atom. The molecule has 5 nitrogen and oxygen atoms in total. The molecule has 0 amide bonds. The van der Waals surface area contributed by atoms with Crippen LogP contribution in [-0.4, -0.2) is 28.1 Å². The van der Waals surface area contributed by atoms with Crippen LogP contribution in [0, 0.1) is 0 Å². The fraction of sp³-hybridized carbons (Fsp3) is 0.538. The summed E-state index contributed by atoms with van der Waals surface area (Å²) in [6.45, 7) is 2.46. The minimum atomic E-state index is 0.354.